The van der Waals surface area contributed by atoms with Gasteiger partial charge in [0.1, 0.15) is 23.8 Å². The molecule has 4 rings (SSSR count). The third-order valence-corrected chi connectivity index (χ3v) is 4.71. The number of hydrogen-bond acceptors (Lipinski definition) is 8. The molecule has 160 valence electrons. The molecule has 0 aliphatic heterocycles. The van der Waals surface area contributed by atoms with Crippen molar-refractivity contribution in [1.82, 2.24) is 15.1 Å². The highest BCUT2D eigenvalue weighted by atomic mass is 35.5. The first-order valence-corrected chi connectivity index (χ1v) is 9.56. The van der Waals surface area contributed by atoms with E-state index in [1.54, 1.807) is 32.4 Å². The molecular weight excluding hydrogens is 426 g/mol. The number of halogens is 1. The van der Waals surface area contributed by atoms with Gasteiger partial charge in [0, 0.05) is 18.2 Å². The van der Waals surface area contributed by atoms with Crippen LogP contribution in [0.25, 0.3) is 22.8 Å². The van der Waals surface area contributed by atoms with Crippen LogP contribution in [0, 0.1) is 0 Å². The van der Waals surface area contributed by atoms with E-state index in [4.69, 9.17) is 30.2 Å². The summed E-state index contributed by atoms with van der Waals surface area (Å²) >= 11 is 6.30. The smallest absolute Gasteiger partial charge is 0.439 e. The second kappa shape index (κ2) is 9.07. The van der Waals surface area contributed by atoms with Gasteiger partial charge in [0.2, 0.25) is 5.89 Å². The van der Waals surface area contributed by atoms with E-state index in [-0.39, 0.29) is 19.0 Å². The number of benzene rings is 2. The maximum absolute atomic E-state index is 11.1. The zero-order valence-electron chi connectivity index (χ0n) is 16.7. The lowest BCUT2D eigenvalue weighted by atomic mass is 10.2. The number of rotatable bonds is 8. The van der Waals surface area contributed by atoms with Gasteiger partial charge < -0.3 is 18.6 Å². The number of H-pyrrole nitrogens is 1. The van der Waals surface area contributed by atoms with Gasteiger partial charge in [-0.3, -0.25) is 9.51 Å². The molecule has 0 aliphatic rings. The van der Waals surface area contributed by atoms with E-state index in [0.717, 1.165) is 11.3 Å². The fraction of sp³-hybridized carbons (Fsp3) is 0.190. The SMILES string of the molecule is COCc1nc(-c2ccc(OC)cc2)oc1COc1ccc(-c2noc(=O)[nH]2)c(Cl)c1. The Hall–Kier alpha value is -3.56. The summed E-state index contributed by atoms with van der Waals surface area (Å²) in [5, 5.41) is 3.97. The predicted molar refractivity (Wildman–Crippen MR) is 111 cm³/mol. The third-order valence-electron chi connectivity index (χ3n) is 4.40. The number of nitrogens with one attached hydrogen (secondary N) is 1. The largest absolute Gasteiger partial charge is 0.497 e. The molecule has 0 aliphatic carbocycles. The minimum absolute atomic E-state index is 0.123. The van der Waals surface area contributed by atoms with Crippen LogP contribution in [0.15, 0.2) is 56.2 Å². The molecule has 10 heteroatoms. The van der Waals surface area contributed by atoms with Crippen LogP contribution in [0.3, 0.4) is 0 Å². The summed E-state index contributed by atoms with van der Waals surface area (Å²) in [6.45, 7) is 0.399. The first-order chi connectivity index (χ1) is 15.1. The lowest BCUT2D eigenvalue weighted by Gasteiger charge is -2.07. The molecule has 1 N–H and O–H groups in total. The molecule has 2 aromatic carbocycles. The topological polar surface area (TPSA) is 113 Å². The van der Waals surface area contributed by atoms with Crippen molar-refractivity contribution in [1.29, 1.82) is 0 Å². The molecule has 0 unspecified atom stereocenters. The maximum Gasteiger partial charge on any atom is 0.439 e. The molecule has 2 heterocycles. The van der Waals surface area contributed by atoms with E-state index in [1.165, 1.54) is 0 Å². The standard InChI is InChI=1S/C21H18ClN3O6/c1-27-10-17-18(30-20(23-17)12-3-5-13(28-2)6-4-12)11-29-14-7-8-15(16(22)9-14)19-24-21(26)31-25-19/h3-9H,10-11H2,1-2H3,(H,24,25,26). The average Bonchev–Trinajstić information content (AvgIpc) is 3.39. The highest BCUT2D eigenvalue weighted by molar-refractivity contribution is 6.33. The predicted octanol–water partition coefficient (Wildman–Crippen LogP) is 4.07. The van der Waals surface area contributed by atoms with E-state index in [1.807, 2.05) is 24.3 Å². The van der Waals surface area contributed by atoms with Gasteiger partial charge in [-0.05, 0) is 42.5 Å². The van der Waals surface area contributed by atoms with E-state index in [2.05, 4.69) is 19.6 Å². The van der Waals surface area contributed by atoms with Gasteiger partial charge in [0.05, 0.1) is 18.7 Å². The van der Waals surface area contributed by atoms with Crippen LogP contribution in [0.2, 0.25) is 5.02 Å². The molecule has 31 heavy (non-hydrogen) atoms. The van der Waals surface area contributed by atoms with E-state index in [9.17, 15) is 4.79 Å². The number of hydrogen-bond donors (Lipinski definition) is 1. The zero-order chi connectivity index (χ0) is 21.8. The average molecular weight is 444 g/mol. The van der Waals surface area contributed by atoms with Crippen molar-refractivity contribution in [3.63, 3.8) is 0 Å². The monoisotopic (exact) mass is 443 g/mol. The molecule has 0 atom stereocenters. The lowest BCUT2D eigenvalue weighted by molar-refractivity contribution is 0.176. The molecule has 9 nitrogen and oxygen atoms in total. The second-order valence-corrected chi connectivity index (χ2v) is 6.83. The van der Waals surface area contributed by atoms with Crippen LogP contribution in [0.5, 0.6) is 11.5 Å². The van der Waals surface area contributed by atoms with Gasteiger partial charge in [0.15, 0.2) is 11.6 Å². The Morgan fingerprint density at radius 1 is 1.06 bits per heavy atom. The number of nitrogens with zero attached hydrogens (tertiary/aromatic N) is 2. The minimum atomic E-state index is -0.657. The van der Waals surface area contributed by atoms with Gasteiger partial charge >= 0.3 is 5.76 Å². The van der Waals surface area contributed by atoms with Crippen molar-refractivity contribution in [2.75, 3.05) is 14.2 Å². The lowest BCUT2D eigenvalue weighted by Crippen LogP contribution is -2.00. The molecule has 4 aromatic rings. The van der Waals surface area contributed by atoms with E-state index < -0.39 is 5.76 Å². The molecule has 2 aromatic heterocycles. The fourth-order valence-corrected chi connectivity index (χ4v) is 3.14. The van der Waals surface area contributed by atoms with E-state index in [0.29, 0.717) is 33.7 Å². The molecule has 0 saturated carbocycles. The van der Waals surface area contributed by atoms with Crippen molar-refractivity contribution in [3.05, 3.63) is 69.5 Å². The maximum atomic E-state index is 11.1. The van der Waals surface area contributed by atoms with Gasteiger partial charge in [-0.2, -0.15) is 0 Å². The van der Waals surface area contributed by atoms with Gasteiger partial charge in [-0.1, -0.05) is 16.8 Å². The van der Waals surface area contributed by atoms with Crippen molar-refractivity contribution in [3.8, 4) is 34.3 Å². The Morgan fingerprint density at radius 3 is 2.48 bits per heavy atom. The van der Waals surface area contributed by atoms with Crippen LogP contribution in [0.1, 0.15) is 11.5 Å². The van der Waals surface area contributed by atoms with Gasteiger partial charge in [-0.25, -0.2) is 9.78 Å². The van der Waals surface area contributed by atoms with E-state index >= 15 is 0 Å². The Balaban J connectivity index is 1.52. The summed E-state index contributed by atoms with van der Waals surface area (Å²) < 4.78 is 26.7. The molecule has 0 saturated heterocycles. The molecule has 0 bridgehead atoms. The quantitative estimate of drug-likeness (QED) is 0.433. The highest BCUT2D eigenvalue weighted by Gasteiger charge is 2.16. The number of oxazole rings is 1. The summed E-state index contributed by atoms with van der Waals surface area (Å²) in [6.07, 6.45) is 0. The number of ether oxygens (including phenoxy) is 3. The molecule has 0 amide bonds. The summed E-state index contributed by atoms with van der Waals surface area (Å²) in [4.78, 5) is 18.1. The minimum Gasteiger partial charge on any atom is -0.497 e. The van der Waals surface area contributed by atoms with Crippen molar-refractivity contribution < 1.29 is 23.2 Å². The third kappa shape index (κ3) is 4.62. The first kappa shape index (κ1) is 20.7. The Labute approximate surface area is 181 Å². The fourth-order valence-electron chi connectivity index (χ4n) is 2.88. The Bertz CT molecular complexity index is 1230. The van der Waals surface area contributed by atoms with Crippen molar-refractivity contribution in [2.24, 2.45) is 0 Å². The number of methoxy groups -OCH3 is 2. The summed E-state index contributed by atoms with van der Waals surface area (Å²) in [6, 6.07) is 12.4. The number of aromatic nitrogens is 3. The highest BCUT2D eigenvalue weighted by Crippen LogP contribution is 2.30. The second-order valence-electron chi connectivity index (χ2n) is 6.42. The Morgan fingerprint density at radius 2 is 1.84 bits per heavy atom. The molecule has 0 fully saturated rings. The van der Waals surface area contributed by atoms with Crippen LogP contribution >= 0.6 is 11.6 Å². The van der Waals surface area contributed by atoms with Crippen LogP contribution in [-0.4, -0.2) is 29.3 Å². The number of aromatic amines is 1. The van der Waals surface area contributed by atoms with Crippen molar-refractivity contribution >= 4 is 11.6 Å². The Kier molecular flexibility index (Phi) is 6.06. The van der Waals surface area contributed by atoms with Crippen molar-refractivity contribution in [2.45, 2.75) is 13.2 Å². The normalized spacial score (nSPS) is 10.9. The van der Waals surface area contributed by atoms with Gasteiger partial charge in [0.25, 0.3) is 0 Å². The van der Waals surface area contributed by atoms with Crippen LogP contribution in [0.4, 0.5) is 0 Å². The molecular formula is C21H18ClN3O6. The van der Waals surface area contributed by atoms with Crippen LogP contribution < -0.4 is 15.2 Å². The summed E-state index contributed by atoms with van der Waals surface area (Å²) in [7, 11) is 3.19. The first-order valence-electron chi connectivity index (χ1n) is 9.18. The van der Waals surface area contributed by atoms with Crippen LogP contribution in [-0.2, 0) is 18.0 Å². The zero-order valence-corrected chi connectivity index (χ0v) is 17.4. The molecule has 0 radical (unpaired) electrons. The molecule has 0 spiro atoms. The van der Waals surface area contributed by atoms with Gasteiger partial charge in [-0.15, -0.1) is 0 Å². The summed E-state index contributed by atoms with van der Waals surface area (Å²) in [5.41, 5.74) is 1.95. The summed E-state index contributed by atoms with van der Waals surface area (Å²) in [5.74, 6) is 1.82.